The van der Waals surface area contributed by atoms with Gasteiger partial charge in [0.25, 0.3) is 0 Å². The quantitative estimate of drug-likeness (QED) is 0.620. The summed E-state index contributed by atoms with van der Waals surface area (Å²) in [7, 11) is 1.64. The zero-order chi connectivity index (χ0) is 13.1. The number of nitro groups is 1. The van der Waals surface area contributed by atoms with Crippen molar-refractivity contribution in [2.75, 3.05) is 30.8 Å². The van der Waals surface area contributed by atoms with Gasteiger partial charge in [0.2, 0.25) is 11.8 Å². The van der Waals surface area contributed by atoms with E-state index in [0.29, 0.717) is 13.1 Å². The van der Waals surface area contributed by atoms with Crippen molar-refractivity contribution in [2.24, 2.45) is 0 Å². The molecule has 2 N–H and O–H groups in total. The highest BCUT2D eigenvalue weighted by molar-refractivity contribution is 5.58. The molecule has 0 radical (unpaired) electrons. The Morgan fingerprint density at radius 2 is 2.44 bits per heavy atom. The molecule has 1 aliphatic rings. The van der Waals surface area contributed by atoms with Crippen LogP contribution in [-0.4, -0.2) is 41.2 Å². The zero-order valence-electron chi connectivity index (χ0n) is 10.1. The van der Waals surface area contributed by atoms with Crippen LogP contribution in [0, 0.1) is 10.1 Å². The van der Waals surface area contributed by atoms with Gasteiger partial charge < -0.3 is 15.4 Å². The van der Waals surface area contributed by atoms with Crippen molar-refractivity contribution in [1.82, 2.24) is 9.97 Å². The van der Waals surface area contributed by atoms with E-state index in [0.717, 1.165) is 19.0 Å². The molecular formula is C10H15N5O3. The number of ether oxygens (including phenoxy) is 1. The first-order valence-electron chi connectivity index (χ1n) is 5.66. The molecule has 0 aliphatic carbocycles. The van der Waals surface area contributed by atoms with Crippen LogP contribution in [0.3, 0.4) is 0 Å². The molecule has 0 amide bonds. The second-order valence-electron chi connectivity index (χ2n) is 4.14. The van der Waals surface area contributed by atoms with Crippen LogP contribution in [0.15, 0.2) is 6.20 Å². The molecule has 1 aliphatic heterocycles. The summed E-state index contributed by atoms with van der Waals surface area (Å²) in [4.78, 5) is 19.9. The van der Waals surface area contributed by atoms with Gasteiger partial charge in [-0.3, -0.25) is 10.1 Å². The number of nitrogen functional groups attached to an aromatic ring is 1. The van der Waals surface area contributed by atoms with Crippen molar-refractivity contribution in [2.45, 2.75) is 18.9 Å². The van der Waals surface area contributed by atoms with E-state index in [1.807, 2.05) is 4.90 Å². The molecule has 1 atom stereocenters. The molecule has 0 spiro atoms. The highest BCUT2D eigenvalue weighted by Gasteiger charge is 2.27. The van der Waals surface area contributed by atoms with Gasteiger partial charge in [-0.1, -0.05) is 0 Å². The third-order valence-electron chi connectivity index (χ3n) is 2.98. The van der Waals surface area contributed by atoms with E-state index in [-0.39, 0.29) is 23.6 Å². The van der Waals surface area contributed by atoms with Crippen molar-refractivity contribution >= 4 is 17.5 Å². The van der Waals surface area contributed by atoms with E-state index < -0.39 is 4.92 Å². The Bertz CT molecular complexity index is 453. The molecule has 1 aromatic heterocycles. The number of methoxy groups -OCH3 is 1. The SMILES string of the molecule is COC1CCCN(c2nc(N)ncc2[N+](=O)[O-])C1. The van der Waals surface area contributed by atoms with Gasteiger partial charge in [-0.25, -0.2) is 4.98 Å². The number of hydrogen-bond acceptors (Lipinski definition) is 7. The van der Waals surface area contributed by atoms with Crippen LogP contribution in [-0.2, 0) is 4.74 Å². The maximum Gasteiger partial charge on any atom is 0.329 e. The minimum atomic E-state index is -0.495. The molecule has 98 valence electrons. The molecule has 2 heterocycles. The Morgan fingerprint density at radius 1 is 1.67 bits per heavy atom. The van der Waals surface area contributed by atoms with Crippen LogP contribution in [0.2, 0.25) is 0 Å². The number of nitrogens with two attached hydrogens (primary N) is 1. The van der Waals surface area contributed by atoms with Gasteiger partial charge in [0.1, 0.15) is 6.20 Å². The van der Waals surface area contributed by atoms with Crippen molar-refractivity contribution in [1.29, 1.82) is 0 Å². The standard InChI is InChI=1S/C10H15N5O3/c1-18-7-3-2-4-14(6-7)9-8(15(16)17)5-12-10(11)13-9/h5,7H,2-4,6H2,1H3,(H2,11,12,13). The fourth-order valence-corrected chi connectivity index (χ4v) is 2.06. The highest BCUT2D eigenvalue weighted by atomic mass is 16.6. The van der Waals surface area contributed by atoms with Crippen LogP contribution in [0.1, 0.15) is 12.8 Å². The molecule has 8 nitrogen and oxygen atoms in total. The summed E-state index contributed by atoms with van der Waals surface area (Å²) in [6, 6.07) is 0. The minimum absolute atomic E-state index is 0.0372. The molecule has 0 aromatic carbocycles. The summed E-state index contributed by atoms with van der Waals surface area (Å²) >= 11 is 0. The first kappa shape index (κ1) is 12.5. The third-order valence-corrected chi connectivity index (χ3v) is 2.98. The molecule has 1 aromatic rings. The Hall–Kier alpha value is -1.96. The summed E-state index contributed by atoms with van der Waals surface area (Å²) in [6.45, 7) is 1.28. The van der Waals surface area contributed by atoms with Gasteiger partial charge in [0, 0.05) is 20.2 Å². The Morgan fingerprint density at radius 3 is 3.11 bits per heavy atom. The molecule has 2 rings (SSSR count). The van der Waals surface area contributed by atoms with Gasteiger partial charge in [-0.05, 0) is 12.8 Å². The first-order valence-corrected chi connectivity index (χ1v) is 5.66. The molecule has 18 heavy (non-hydrogen) atoms. The van der Waals surface area contributed by atoms with Crippen LogP contribution in [0.25, 0.3) is 0 Å². The van der Waals surface area contributed by atoms with E-state index in [9.17, 15) is 10.1 Å². The molecule has 8 heteroatoms. The fraction of sp³-hybridized carbons (Fsp3) is 0.600. The Balaban J connectivity index is 2.31. The lowest BCUT2D eigenvalue weighted by Crippen LogP contribution is -2.40. The third kappa shape index (κ3) is 2.48. The zero-order valence-corrected chi connectivity index (χ0v) is 10.1. The average molecular weight is 253 g/mol. The summed E-state index contributed by atoms with van der Waals surface area (Å²) in [5, 5.41) is 11.0. The molecule has 1 saturated heterocycles. The lowest BCUT2D eigenvalue weighted by molar-refractivity contribution is -0.384. The minimum Gasteiger partial charge on any atom is -0.380 e. The smallest absolute Gasteiger partial charge is 0.329 e. The molecule has 0 bridgehead atoms. The van der Waals surface area contributed by atoms with Crippen LogP contribution in [0.4, 0.5) is 17.5 Å². The van der Waals surface area contributed by atoms with E-state index in [1.165, 1.54) is 0 Å². The maximum absolute atomic E-state index is 11.0. The van der Waals surface area contributed by atoms with Crippen molar-refractivity contribution < 1.29 is 9.66 Å². The van der Waals surface area contributed by atoms with Crippen LogP contribution >= 0.6 is 0 Å². The number of piperidine rings is 1. The lowest BCUT2D eigenvalue weighted by atomic mass is 10.1. The van der Waals surface area contributed by atoms with Crippen LogP contribution < -0.4 is 10.6 Å². The van der Waals surface area contributed by atoms with Gasteiger partial charge in [-0.2, -0.15) is 4.98 Å². The summed E-state index contributed by atoms with van der Waals surface area (Å²) < 4.78 is 5.29. The average Bonchev–Trinajstić information content (AvgIpc) is 2.38. The number of rotatable bonds is 3. The normalized spacial score (nSPS) is 19.8. The van der Waals surface area contributed by atoms with Gasteiger partial charge in [0.15, 0.2) is 0 Å². The lowest BCUT2D eigenvalue weighted by Gasteiger charge is -2.32. The topological polar surface area (TPSA) is 107 Å². The Kier molecular flexibility index (Phi) is 3.56. The van der Waals surface area contributed by atoms with E-state index in [4.69, 9.17) is 10.5 Å². The number of hydrogen-bond donors (Lipinski definition) is 1. The molecule has 0 saturated carbocycles. The molecule has 1 unspecified atom stereocenters. The first-order chi connectivity index (χ1) is 8.61. The fourth-order valence-electron chi connectivity index (χ4n) is 2.06. The number of aromatic nitrogens is 2. The summed E-state index contributed by atoms with van der Waals surface area (Å²) in [5.41, 5.74) is 5.37. The van der Waals surface area contributed by atoms with E-state index >= 15 is 0 Å². The second-order valence-corrected chi connectivity index (χ2v) is 4.14. The van der Waals surface area contributed by atoms with Crippen molar-refractivity contribution in [3.05, 3.63) is 16.3 Å². The van der Waals surface area contributed by atoms with Gasteiger partial charge in [0.05, 0.1) is 11.0 Å². The van der Waals surface area contributed by atoms with Crippen molar-refractivity contribution in [3.8, 4) is 0 Å². The highest BCUT2D eigenvalue weighted by Crippen LogP contribution is 2.28. The van der Waals surface area contributed by atoms with E-state index in [1.54, 1.807) is 7.11 Å². The predicted octanol–water partition coefficient (Wildman–Crippen LogP) is 0.582. The van der Waals surface area contributed by atoms with Gasteiger partial charge in [-0.15, -0.1) is 0 Å². The maximum atomic E-state index is 11.0. The Labute approximate surface area is 104 Å². The summed E-state index contributed by atoms with van der Waals surface area (Å²) in [5.74, 6) is 0.310. The van der Waals surface area contributed by atoms with Crippen molar-refractivity contribution in [3.63, 3.8) is 0 Å². The largest absolute Gasteiger partial charge is 0.380 e. The van der Waals surface area contributed by atoms with Gasteiger partial charge >= 0.3 is 5.69 Å². The summed E-state index contributed by atoms with van der Waals surface area (Å²) in [6.07, 6.45) is 3.06. The molecular weight excluding hydrogens is 238 g/mol. The second kappa shape index (κ2) is 5.13. The monoisotopic (exact) mass is 253 g/mol. The number of anilines is 2. The predicted molar refractivity (Wildman–Crippen MR) is 65.3 cm³/mol. The van der Waals surface area contributed by atoms with E-state index in [2.05, 4.69) is 9.97 Å². The molecule has 1 fully saturated rings. The number of nitrogens with zero attached hydrogens (tertiary/aromatic N) is 4. The van der Waals surface area contributed by atoms with Crippen LogP contribution in [0.5, 0.6) is 0 Å².